The van der Waals surface area contributed by atoms with E-state index in [1.807, 2.05) is 25.4 Å². The second-order valence-corrected chi connectivity index (χ2v) is 6.12. The van der Waals surface area contributed by atoms with Crippen molar-refractivity contribution in [3.8, 4) is 0 Å². The number of rotatable bonds is 5. The molecule has 0 saturated carbocycles. The molecule has 24 heavy (non-hydrogen) atoms. The number of H-pyrrole nitrogens is 1. The van der Waals surface area contributed by atoms with Crippen molar-refractivity contribution in [1.82, 2.24) is 9.97 Å². The molecule has 124 valence electrons. The molecule has 0 amide bonds. The van der Waals surface area contributed by atoms with Crippen molar-refractivity contribution in [3.63, 3.8) is 0 Å². The quantitative estimate of drug-likeness (QED) is 0.665. The van der Waals surface area contributed by atoms with E-state index in [1.54, 1.807) is 12.1 Å². The Morgan fingerprint density at radius 1 is 1.25 bits per heavy atom. The molecule has 0 saturated heterocycles. The summed E-state index contributed by atoms with van der Waals surface area (Å²) in [7, 11) is 2.00. The first-order valence-electron chi connectivity index (χ1n) is 8.06. The average molecular weight is 323 g/mol. The summed E-state index contributed by atoms with van der Waals surface area (Å²) in [5.41, 5.74) is 5.39. The van der Waals surface area contributed by atoms with Gasteiger partial charge in [-0.15, -0.1) is 6.58 Å². The minimum absolute atomic E-state index is 0.0223. The number of fused-ring (bicyclic) bond motifs is 1. The third kappa shape index (κ3) is 2.80. The number of hydrogen-bond donors (Lipinski definition) is 1. The van der Waals surface area contributed by atoms with Crippen LogP contribution < -0.4 is 4.90 Å². The first-order chi connectivity index (χ1) is 11.5. The highest BCUT2D eigenvalue weighted by Gasteiger charge is 2.22. The van der Waals surface area contributed by atoms with Gasteiger partial charge in [-0.1, -0.05) is 6.08 Å². The van der Waals surface area contributed by atoms with Crippen molar-refractivity contribution in [2.24, 2.45) is 0 Å². The van der Waals surface area contributed by atoms with Crippen LogP contribution in [0.3, 0.4) is 0 Å². The largest absolute Gasteiger partial charge is 0.366 e. The van der Waals surface area contributed by atoms with Gasteiger partial charge >= 0.3 is 0 Å². The summed E-state index contributed by atoms with van der Waals surface area (Å²) in [5, 5.41) is 1.19. The number of nitrogens with zero attached hydrogens (tertiary/aromatic N) is 2. The summed E-state index contributed by atoms with van der Waals surface area (Å²) in [6, 6.07) is 8.60. The molecule has 1 atom stereocenters. The molecular weight excluding hydrogens is 301 g/mol. The molecule has 4 heteroatoms. The van der Waals surface area contributed by atoms with Gasteiger partial charge in [0, 0.05) is 30.0 Å². The number of halogens is 1. The first kappa shape index (κ1) is 16.2. The van der Waals surface area contributed by atoms with Crippen LogP contribution in [0.4, 0.5) is 10.1 Å². The first-order valence-corrected chi connectivity index (χ1v) is 8.06. The van der Waals surface area contributed by atoms with E-state index >= 15 is 0 Å². The van der Waals surface area contributed by atoms with Gasteiger partial charge in [-0.2, -0.15) is 0 Å². The highest BCUT2D eigenvalue weighted by atomic mass is 19.1. The molecule has 1 N–H and O–H groups in total. The lowest BCUT2D eigenvalue weighted by Gasteiger charge is -2.29. The number of aryl methyl sites for hydroxylation is 2. The highest BCUT2D eigenvalue weighted by molar-refractivity contribution is 5.86. The van der Waals surface area contributed by atoms with Gasteiger partial charge in [0.1, 0.15) is 5.82 Å². The number of aromatic nitrogens is 2. The van der Waals surface area contributed by atoms with Crippen LogP contribution in [-0.4, -0.2) is 17.0 Å². The van der Waals surface area contributed by atoms with Gasteiger partial charge < -0.3 is 9.88 Å². The average Bonchev–Trinajstić information content (AvgIpc) is 2.88. The smallest absolute Gasteiger partial charge is 0.123 e. The van der Waals surface area contributed by atoms with Gasteiger partial charge in [0.2, 0.25) is 0 Å². The highest BCUT2D eigenvalue weighted by Crippen LogP contribution is 2.33. The fourth-order valence-corrected chi connectivity index (χ4v) is 3.12. The molecule has 0 spiro atoms. The van der Waals surface area contributed by atoms with Crippen LogP contribution in [0, 0.1) is 19.7 Å². The van der Waals surface area contributed by atoms with Gasteiger partial charge in [-0.05, 0) is 56.2 Å². The van der Waals surface area contributed by atoms with E-state index in [9.17, 15) is 4.39 Å². The Morgan fingerprint density at radius 3 is 2.62 bits per heavy atom. The number of hydrogen-bond acceptors (Lipinski definition) is 2. The third-order valence-corrected chi connectivity index (χ3v) is 4.67. The van der Waals surface area contributed by atoms with Crippen LogP contribution in [0.1, 0.15) is 29.4 Å². The molecule has 0 aliphatic heterocycles. The molecule has 3 rings (SSSR count). The maximum absolute atomic E-state index is 13.2. The van der Waals surface area contributed by atoms with Gasteiger partial charge in [0.15, 0.2) is 0 Å². The molecular formula is C20H22FN3. The molecule has 3 aromatic rings. The molecule has 1 aromatic carbocycles. The lowest BCUT2D eigenvalue weighted by atomic mass is 10.0. The number of pyridine rings is 1. The molecule has 3 nitrogen and oxygen atoms in total. The van der Waals surface area contributed by atoms with E-state index in [2.05, 4.69) is 35.3 Å². The van der Waals surface area contributed by atoms with Crippen LogP contribution in [0.25, 0.3) is 10.9 Å². The number of benzene rings is 1. The van der Waals surface area contributed by atoms with E-state index < -0.39 is 0 Å². The zero-order chi connectivity index (χ0) is 17.3. The molecule has 0 bridgehead atoms. The molecule has 0 fully saturated rings. The fraction of sp³-hybridized carbons (Fsp3) is 0.250. The minimum atomic E-state index is -0.233. The fourth-order valence-electron chi connectivity index (χ4n) is 3.12. The molecule has 0 aliphatic rings. The van der Waals surface area contributed by atoms with E-state index in [0.717, 1.165) is 29.0 Å². The standard InChI is InChI=1S/C20H22FN3/c1-5-6-18(24(4)16-9-7-15(21)8-10-16)20-19-17(11-12-22-20)13(2)14(3)23-19/h5,7-12,18,23H,1,6H2,2-4H3. The molecule has 0 aliphatic carbocycles. The summed E-state index contributed by atoms with van der Waals surface area (Å²) in [4.78, 5) is 10.2. The summed E-state index contributed by atoms with van der Waals surface area (Å²) in [6.45, 7) is 8.08. The molecule has 0 radical (unpaired) electrons. The summed E-state index contributed by atoms with van der Waals surface area (Å²) < 4.78 is 13.2. The Balaban J connectivity index is 2.10. The predicted octanol–water partition coefficient (Wildman–Crippen LogP) is 5.07. The Morgan fingerprint density at radius 2 is 1.96 bits per heavy atom. The van der Waals surface area contributed by atoms with Crippen LogP contribution >= 0.6 is 0 Å². The number of aromatic amines is 1. The number of anilines is 1. The Hall–Kier alpha value is -2.62. The second kappa shape index (κ2) is 6.48. The summed E-state index contributed by atoms with van der Waals surface area (Å²) in [5.74, 6) is -0.233. The van der Waals surface area contributed by atoms with Crippen LogP contribution in [0.15, 0.2) is 49.2 Å². The van der Waals surface area contributed by atoms with Gasteiger partial charge in [0.05, 0.1) is 17.3 Å². The van der Waals surface area contributed by atoms with E-state index in [-0.39, 0.29) is 11.9 Å². The Bertz CT molecular complexity index is 864. The van der Waals surface area contributed by atoms with Crippen molar-refractivity contribution in [3.05, 3.63) is 72.0 Å². The zero-order valence-electron chi connectivity index (χ0n) is 14.3. The summed E-state index contributed by atoms with van der Waals surface area (Å²) >= 11 is 0. The van der Waals surface area contributed by atoms with Crippen molar-refractivity contribution < 1.29 is 4.39 Å². The van der Waals surface area contributed by atoms with Gasteiger partial charge in [-0.3, -0.25) is 4.98 Å². The normalized spacial score (nSPS) is 12.3. The lowest BCUT2D eigenvalue weighted by molar-refractivity contribution is 0.625. The maximum atomic E-state index is 13.2. The monoisotopic (exact) mass is 323 g/mol. The van der Waals surface area contributed by atoms with Crippen molar-refractivity contribution in [1.29, 1.82) is 0 Å². The van der Waals surface area contributed by atoms with Crippen molar-refractivity contribution >= 4 is 16.6 Å². The lowest BCUT2D eigenvalue weighted by Crippen LogP contribution is -2.25. The topological polar surface area (TPSA) is 31.9 Å². The third-order valence-electron chi connectivity index (χ3n) is 4.67. The molecule has 1 unspecified atom stereocenters. The van der Waals surface area contributed by atoms with Gasteiger partial charge in [0.25, 0.3) is 0 Å². The molecule has 2 aromatic heterocycles. The van der Waals surface area contributed by atoms with Crippen molar-refractivity contribution in [2.45, 2.75) is 26.3 Å². The van der Waals surface area contributed by atoms with E-state index in [1.165, 1.54) is 23.1 Å². The Kier molecular flexibility index (Phi) is 4.38. The number of nitrogens with one attached hydrogen (secondary N) is 1. The predicted molar refractivity (Wildman–Crippen MR) is 97.9 cm³/mol. The van der Waals surface area contributed by atoms with E-state index in [0.29, 0.717) is 0 Å². The van der Waals surface area contributed by atoms with Crippen molar-refractivity contribution in [2.75, 3.05) is 11.9 Å². The van der Waals surface area contributed by atoms with Crippen LogP contribution in [0.5, 0.6) is 0 Å². The summed E-state index contributed by atoms with van der Waals surface area (Å²) in [6.07, 6.45) is 4.50. The van der Waals surface area contributed by atoms with Crippen LogP contribution in [-0.2, 0) is 0 Å². The second-order valence-electron chi connectivity index (χ2n) is 6.12. The SMILES string of the molecule is C=CCC(c1nccc2c(C)c(C)[nH]c12)N(C)c1ccc(F)cc1. The Labute approximate surface area is 141 Å². The molecule has 2 heterocycles. The minimum Gasteiger partial charge on any atom is -0.366 e. The maximum Gasteiger partial charge on any atom is 0.123 e. The van der Waals surface area contributed by atoms with Crippen LogP contribution in [0.2, 0.25) is 0 Å². The van der Waals surface area contributed by atoms with Gasteiger partial charge in [-0.25, -0.2) is 4.39 Å². The zero-order valence-corrected chi connectivity index (χ0v) is 14.3. The van der Waals surface area contributed by atoms with E-state index in [4.69, 9.17) is 0 Å².